The van der Waals surface area contributed by atoms with E-state index >= 15 is 0 Å². The molecule has 1 saturated heterocycles. The summed E-state index contributed by atoms with van der Waals surface area (Å²) in [6.45, 7) is 6.13. The minimum Gasteiger partial charge on any atom is -0.493 e. The summed E-state index contributed by atoms with van der Waals surface area (Å²) in [5.74, 6) is 0.595. The molecule has 5 nitrogen and oxygen atoms in total. The van der Waals surface area contributed by atoms with Crippen LogP contribution >= 0.6 is 0 Å². The van der Waals surface area contributed by atoms with Crippen molar-refractivity contribution in [2.45, 2.75) is 39.3 Å². The lowest BCUT2D eigenvalue weighted by Gasteiger charge is -2.35. The van der Waals surface area contributed by atoms with Gasteiger partial charge in [-0.2, -0.15) is 13.2 Å². The molecule has 2 amide bonds. The zero-order valence-corrected chi connectivity index (χ0v) is 19.0. The van der Waals surface area contributed by atoms with Crippen molar-refractivity contribution in [1.82, 2.24) is 9.80 Å². The Morgan fingerprint density at radius 3 is 2.18 bits per heavy atom. The lowest BCUT2D eigenvalue weighted by atomic mass is 10.1. The molecule has 1 fully saturated rings. The zero-order chi connectivity index (χ0) is 24.0. The van der Waals surface area contributed by atoms with Crippen molar-refractivity contribution in [3.05, 3.63) is 64.7 Å². The number of hydrogen-bond donors (Lipinski definition) is 0. The van der Waals surface area contributed by atoms with E-state index in [1.807, 2.05) is 32.0 Å². The first-order chi connectivity index (χ1) is 15.6. The zero-order valence-electron chi connectivity index (χ0n) is 19.0. The van der Waals surface area contributed by atoms with Crippen molar-refractivity contribution >= 4 is 11.8 Å². The van der Waals surface area contributed by atoms with Gasteiger partial charge < -0.3 is 14.5 Å². The molecule has 1 heterocycles. The van der Waals surface area contributed by atoms with Crippen LogP contribution in [0.25, 0.3) is 0 Å². The van der Waals surface area contributed by atoms with Gasteiger partial charge in [0.15, 0.2) is 0 Å². The normalized spacial score (nSPS) is 14.3. The molecule has 0 aromatic heterocycles. The summed E-state index contributed by atoms with van der Waals surface area (Å²) in [6, 6.07) is 10.3. The van der Waals surface area contributed by atoms with Crippen LogP contribution in [0.1, 0.15) is 46.3 Å². The topological polar surface area (TPSA) is 49.9 Å². The molecule has 3 rings (SSSR count). The SMILES string of the molecule is Cc1ccc(C)c(OCCCCC(=O)N2CCN(C(=O)c3ccc(C(F)(F)F)cc3)CC2)c1. The summed E-state index contributed by atoms with van der Waals surface area (Å²) in [5, 5.41) is 0. The quantitative estimate of drug-likeness (QED) is 0.553. The molecule has 8 heteroatoms. The van der Waals surface area contributed by atoms with Crippen LogP contribution < -0.4 is 4.74 Å². The largest absolute Gasteiger partial charge is 0.493 e. The third-order valence-corrected chi connectivity index (χ3v) is 5.76. The molecule has 0 radical (unpaired) electrons. The molecule has 0 N–H and O–H groups in total. The van der Waals surface area contributed by atoms with Crippen LogP contribution in [-0.4, -0.2) is 54.4 Å². The number of amides is 2. The summed E-state index contributed by atoms with van der Waals surface area (Å²) in [5.41, 5.74) is 1.66. The molecule has 0 spiro atoms. The Labute approximate surface area is 192 Å². The smallest absolute Gasteiger partial charge is 0.416 e. The Morgan fingerprint density at radius 1 is 0.909 bits per heavy atom. The molecule has 0 atom stereocenters. The highest BCUT2D eigenvalue weighted by Gasteiger charge is 2.31. The van der Waals surface area contributed by atoms with E-state index in [2.05, 4.69) is 0 Å². The number of carbonyl (C=O) groups excluding carboxylic acids is 2. The standard InChI is InChI=1S/C25H29F3N2O3/c1-18-6-7-19(2)22(17-18)33-16-4-3-5-23(31)29-12-14-30(15-13-29)24(32)20-8-10-21(11-9-20)25(26,27)28/h6-11,17H,3-5,12-16H2,1-2H3. The molecule has 178 valence electrons. The first kappa shape index (κ1) is 24.6. The van der Waals surface area contributed by atoms with E-state index in [9.17, 15) is 22.8 Å². The van der Waals surface area contributed by atoms with E-state index in [-0.39, 0.29) is 17.4 Å². The highest BCUT2D eigenvalue weighted by Crippen LogP contribution is 2.29. The minimum atomic E-state index is -4.43. The van der Waals surface area contributed by atoms with E-state index in [0.717, 1.165) is 35.4 Å². The molecule has 1 aliphatic heterocycles. The maximum absolute atomic E-state index is 12.7. The number of nitrogens with zero attached hydrogens (tertiary/aromatic N) is 2. The number of aryl methyl sites for hydroxylation is 2. The van der Waals surface area contributed by atoms with Gasteiger partial charge in [-0.1, -0.05) is 12.1 Å². The highest BCUT2D eigenvalue weighted by atomic mass is 19.4. The van der Waals surface area contributed by atoms with E-state index in [1.165, 1.54) is 12.1 Å². The maximum Gasteiger partial charge on any atom is 0.416 e. The number of halogens is 3. The predicted octanol–water partition coefficient (Wildman–Crippen LogP) is 4.86. The Balaban J connectivity index is 1.38. The first-order valence-electron chi connectivity index (χ1n) is 11.1. The summed E-state index contributed by atoms with van der Waals surface area (Å²) < 4.78 is 43.9. The number of piperazine rings is 1. The van der Waals surface area contributed by atoms with Crippen molar-refractivity contribution in [1.29, 1.82) is 0 Å². The molecular formula is C25H29F3N2O3. The Kier molecular flexibility index (Phi) is 8.00. The number of rotatable bonds is 7. The molecule has 2 aromatic rings. The highest BCUT2D eigenvalue weighted by molar-refractivity contribution is 5.94. The fourth-order valence-electron chi connectivity index (χ4n) is 3.72. The third kappa shape index (κ3) is 6.73. The van der Waals surface area contributed by atoms with Crippen LogP contribution in [-0.2, 0) is 11.0 Å². The third-order valence-electron chi connectivity index (χ3n) is 5.76. The van der Waals surface area contributed by atoms with Gasteiger partial charge in [-0.3, -0.25) is 9.59 Å². The first-order valence-corrected chi connectivity index (χ1v) is 11.1. The lowest BCUT2D eigenvalue weighted by molar-refractivity contribution is -0.137. The summed E-state index contributed by atoms with van der Waals surface area (Å²) in [4.78, 5) is 28.4. The van der Waals surface area contributed by atoms with Crippen LogP contribution in [0.3, 0.4) is 0 Å². The second-order valence-electron chi connectivity index (χ2n) is 8.32. The van der Waals surface area contributed by atoms with E-state index in [0.29, 0.717) is 45.6 Å². The summed E-state index contributed by atoms with van der Waals surface area (Å²) >= 11 is 0. The van der Waals surface area contributed by atoms with Crippen molar-refractivity contribution in [3.8, 4) is 5.75 Å². The summed E-state index contributed by atoms with van der Waals surface area (Å²) in [7, 11) is 0. The van der Waals surface area contributed by atoms with Gasteiger partial charge in [0.25, 0.3) is 5.91 Å². The number of carbonyl (C=O) groups is 2. The number of hydrogen-bond acceptors (Lipinski definition) is 3. The Morgan fingerprint density at radius 2 is 1.55 bits per heavy atom. The second-order valence-corrected chi connectivity index (χ2v) is 8.32. The van der Waals surface area contributed by atoms with Gasteiger partial charge in [-0.15, -0.1) is 0 Å². The van der Waals surface area contributed by atoms with Crippen LogP contribution in [0.2, 0.25) is 0 Å². The van der Waals surface area contributed by atoms with Gasteiger partial charge in [-0.25, -0.2) is 0 Å². The van der Waals surface area contributed by atoms with Gasteiger partial charge in [0, 0.05) is 38.2 Å². The molecule has 2 aromatic carbocycles. The average molecular weight is 463 g/mol. The maximum atomic E-state index is 12.7. The molecule has 0 unspecified atom stereocenters. The minimum absolute atomic E-state index is 0.0448. The van der Waals surface area contributed by atoms with Crippen molar-refractivity contribution in [2.75, 3.05) is 32.8 Å². The van der Waals surface area contributed by atoms with Gasteiger partial charge in [-0.05, 0) is 68.1 Å². The fourth-order valence-corrected chi connectivity index (χ4v) is 3.72. The summed E-state index contributed by atoms with van der Waals surface area (Å²) in [6.07, 6.45) is -2.53. The molecule has 1 aliphatic rings. The van der Waals surface area contributed by atoms with Crippen LogP contribution in [0.5, 0.6) is 5.75 Å². The van der Waals surface area contributed by atoms with Gasteiger partial charge in [0.2, 0.25) is 5.91 Å². The number of unbranched alkanes of at least 4 members (excludes halogenated alkanes) is 1. The monoisotopic (exact) mass is 462 g/mol. The van der Waals surface area contributed by atoms with Crippen LogP contribution in [0.4, 0.5) is 13.2 Å². The molecule has 0 aliphatic carbocycles. The average Bonchev–Trinajstić information content (AvgIpc) is 2.80. The fraction of sp³-hybridized carbons (Fsp3) is 0.440. The van der Waals surface area contributed by atoms with Gasteiger partial charge >= 0.3 is 6.18 Å². The Bertz CT molecular complexity index is 966. The van der Waals surface area contributed by atoms with Crippen LogP contribution in [0.15, 0.2) is 42.5 Å². The number of ether oxygens (including phenoxy) is 1. The van der Waals surface area contributed by atoms with E-state index < -0.39 is 11.7 Å². The van der Waals surface area contributed by atoms with Gasteiger partial charge in [0.1, 0.15) is 5.75 Å². The van der Waals surface area contributed by atoms with E-state index in [1.54, 1.807) is 9.80 Å². The second kappa shape index (κ2) is 10.7. The van der Waals surface area contributed by atoms with Crippen molar-refractivity contribution < 1.29 is 27.5 Å². The lowest BCUT2D eigenvalue weighted by Crippen LogP contribution is -2.50. The van der Waals surface area contributed by atoms with Crippen molar-refractivity contribution in [3.63, 3.8) is 0 Å². The number of alkyl halides is 3. The van der Waals surface area contributed by atoms with Crippen molar-refractivity contribution in [2.24, 2.45) is 0 Å². The number of benzene rings is 2. The molecular weight excluding hydrogens is 433 g/mol. The molecule has 0 bridgehead atoms. The van der Waals surface area contributed by atoms with Crippen LogP contribution in [0, 0.1) is 13.8 Å². The molecule has 0 saturated carbocycles. The predicted molar refractivity (Wildman–Crippen MR) is 119 cm³/mol. The van der Waals surface area contributed by atoms with E-state index in [4.69, 9.17) is 4.74 Å². The molecule has 33 heavy (non-hydrogen) atoms. The van der Waals surface area contributed by atoms with Gasteiger partial charge in [0.05, 0.1) is 12.2 Å². The Hall–Kier alpha value is -3.03.